The van der Waals surface area contributed by atoms with Crippen LogP contribution in [0.25, 0.3) is 0 Å². The molecule has 8 heteroatoms. The van der Waals surface area contributed by atoms with Gasteiger partial charge in [-0.25, -0.2) is 9.59 Å². The Labute approximate surface area is 195 Å². The van der Waals surface area contributed by atoms with Gasteiger partial charge in [0.2, 0.25) is 0 Å². The van der Waals surface area contributed by atoms with Crippen LogP contribution >= 0.6 is 11.8 Å². The van der Waals surface area contributed by atoms with Crippen molar-refractivity contribution in [3.05, 3.63) is 41.6 Å². The maximum Gasteiger partial charge on any atom is 0.347 e. The van der Waals surface area contributed by atoms with Gasteiger partial charge in [0.15, 0.2) is 5.57 Å². The number of thioether (sulfide) groups is 1. The Hall–Kier alpha value is -2.03. The summed E-state index contributed by atoms with van der Waals surface area (Å²) in [4.78, 5) is 29.5. The average molecular weight is 463 g/mol. The number of nitrogens with zero attached hydrogens (tertiary/aromatic N) is 2. The van der Waals surface area contributed by atoms with E-state index >= 15 is 0 Å². The maximum absolute atomic E-state index is 12.5. The van der Waals surface area contributed by atoms with Crippen LogP contribution in [0.1, 0.15) is 32.3 Å². The maximum atomic E-state index is 12.5. The fourth-order valence-corrected chi connectivity index (χ4v) is 4.97. The molecule has 0 unspecified atom stereocenters. The van der Waals surface area contributed by atoms with Crippen molar-refractivity contribution < 1.29 is 23.8 Å². The molecule has 2 aliphatic heterocycles. The first-order valence-electron chi connectivity index (χ1n) is 11.4. The molecule has 2 saturated heterocycles. The number of carbonyl (C=O) groups is 2. The standard InChI is InChI=1S/C24H34N2O5S/c1-3-30-23(27)22(24(28)31-4-2)18-26(21-9-15-32-16-10-21)20-7-5-19(6-8-20)17-25-11-13-29-14-12-25/h5-8,18,21H,3-4,9-17H2,1-2H3. The van der Waals surface area contributed by atoms with Crippen molar-refractivity contribution in [1.82, 2.24) is 4.90 Å². The van der Waals surface area contributed by atoms with E-state index in [9.17, 15) is 9.59 Å². The molecule has 0 radical (unpaired) electrons. The Morgan fingerprint density at radius 2 is 1.66 bits per heavy atom. The summed E-state index contributed by atoms with van der Waals surface area (Å²) in [6, 6.07) is 8.60. The Kier molecular flexibility index (Phi) is 9.89. The van der Waals surface area contributed by atoms with E-state index in [1.807, 2.05) is 11.8 Å². The van der Waals surface area contributed by atoms with Gasteiger partial charge in [-0.2, -0.15) is 11.8 Å². The van der Waals surface area contributed by atoms with Gasteiger partial charge in [0.05, 0.1) is 26.4 Å². The highest BCUT2D eigenvalue weighted by atomic mass is 32.2. The first-order valence-corrected chi connectivity index (χ1v) is 12.6. The smallest absolute Gasteiger partial charge is 0.347 e. The Balaban J connectivity index is 1.86. The van der Waals surface area contributed by atoms with Gasteiger partial charge in [-0.3, -0.25) is 4.90 Å². The molecule has 0 aromatic heterocycles. The van der Waals surface area contributed by atoms with Crippen molar-refractivity contribution in [2.45, 2.75) is 39.3 Å². The Bertz CT molecular complexity index is 751. The summed E-state index contributed by atoms with van der Waals surface area (Å²) >= 11 is 1.93. The number of hydrogen-bond acceptors (Lipinski definition) is 8. The lowest BCUT2D eigenvalue weighted by Crippen LogP contribution is -2.36. The number of anilines is 1. The molecule has 1 aromatic carbocycles. The average Bonchev–Trinajstić information content (AvgIpc) is 2.82. The van der Waals surface area contributed by atoms with Crippen LogP contribution in [0.4, 0.5) is 5.69 Å². The quantitative estimate of drug-likeness (QED) is 0.240. The van der Waals surface area contributed by atoms with Gasteiger partial charge >= 0.3 is 11.9 Å². The topological polar surface area (TPSA) is 68.3 Å². The molecule has 7 nitrogen and oxygen atoms in total. The van der Waals surface area contributed by atoms with Crippen LogP contribution in [0.15, 0.2) is 36.0 Å². The van der Waals surface area contributed by atoms with E-state index in [2.05, 4.69) is 34.1 Å². The summed E-state index contributed by atoms with van der Waals surface area (Å²) in [5.74, 6) is 0.812. The lowest BCUT2D eigenvalue weighted by molar-refractivity contribution is -0.146. The van der Waals surface area contributed by atoms with E-state index < -0.39 is 11.9 Å². The van der Waals surface area contributed by atoms with Crippen LogP contribution in [0.2, 0.25) is 0 Å². The molecule has 2 aliphatic rings. The predicted molar refractivity (Wildman–Crippen MR) is 127 cm³/mol. The van der Waals surface area contributed by atoms with Crippen LogP contribution in [0.5, 0.6) is 0 Å². The summed E-state index contributed by atoms with van der Waals surface area (Å²) in [6.07, 6.45) is 3.60. The highest BCUT2D eigenvalue weighted by Crippen LogP contribution is 2.28. The largest absolute Gasteiger partial charge is 0.462 e. The molecule has 176 valence electrons. The second kappa shape index (κ2) is 12.9. The Morgan fingerprint density at radius 1 is 1.06 bits per heavy atom. The van der Waals surface area contributed by atoms with Crippen molar-refractivity contribution in [2.24, 2.45) is 0 Å². The zero-order valence-corrected chi connectivity index (χ0v) is 19.9. The molecule has 0 N–H and O–H groups in total. The second-order valence-corrected chi connectivity index (χ2v) is 9.01. The summed E-state index contributed by atoms with van der Waals surface area (Å²) in [5, 5.41) is 0. The highest BCUT2D eigenvalue weighted by molar-refractivity contribution is 7.99. The Morgan fingerprint density at radius 3 is 2.22 bits per heavy atom. The zero-order chi connectivity index (χ0) is 22.8. The minimum absolute atomic E-state index is 0.0654. The van der Waals surface area contributed by atoms with Crippen molar-refractivity contribution >= 4 is 29.4 Å². The third kappa shape index (κ3) is 6.98. The van der Waals surface area contributed by atoms with Crippen molar-refractivity contribution in [2.75, 3.05) is 55.9 Å². The first kappa shape index (κ1) is 24.6. The van der Waals surface area contributed by atoms with Crippen molar-refractivity contribution in [3.8, 4) is 0 Å². The normalized spacial score (nSPS) is 17.4. The fraction of sp³-hybridized carbons (Fsp3) is 0.583. The lowest BCUT2D eigenvalue weighted by atomic mass is 10.1. The number of morpholine rings is 1. The number of esters is 2. The molecule has 2 heterocycles. The lowest BCUT2D eigenvalue weighted by Gasteiger charge is -2.34. The van der Waals surface area contributed by atoms with Crippen molar-refractivity contribution in [3.63, 3.8) is 0 Å². The molecule has 32 heavy (non-hydrogen) atoms. The predicted octanol–water partition coefficient (Wildman–Crippen LogP) is 3.23. The van der Waals surface area contributed by atoms with Gasteiger partial charge < -0.3 is 19.1 Å². The molecular formula is C24H34N2O5S. The third-order valence-electron chi connectivity index (χ3n) is 5.59. The molecular weight excluding hydrogens is 428 g/mol. The molecule has 3 rings (SSSR count). The van der Waals surface area contributed by atoms with E-state index in [1.54, 1.807) is 20.0 Å². The van der Waals surface area contributed by atoms with Crippen LogP contribution in [-0.2, 0) is 30.3 Å². The van der Waals surface area contributed by atoms with Gasteiger partial charge in [0, 0.05) is 37.6 Å². The molecule has 2 fully saturated rings. The highest BCUT2D eigenvalue weighted by Gasteiger charge is 2.27. The second-order valence-electron chi connectivity index (χ2n) is 7.79. The van der Waals surface area contributed by atoms with E-state index in [4.69, 9.17) is 14.2 Å². The summed E-state index contributed by atoms with van der Waals surface area (Å²) in [6.45, 7) is 8.18. The van der Waals surface area contributed by atoms with Crippen molar-refractivity contribution in [1.29, 1.82) is 0 Å². The molecule has 1 aromatic rings. The SMILES string of the molecule is CCOC(=O)C(=CN(c1ccc(CN2CCOCC2)cc1)C1CCSCC1)C(=O)OCC. The van der Waals surface area contributed by atoms with E-state index in [0.717, 1.165) is 62.9 Å². The van der Waals surface area contributed by atoms with Crippen LogP contribution in [-0.4, -0.2) is 73.9 Å². The summed E-state index contributed by atoms with van der Waals surface area (Å²) < 4.78 is 15.7. The number of carbonyl (C=O) groups excluding carboxylic acids is 2. The number of benzene rings is 1. The molecule has 0 aliphatic carbocycles. The molecule has 0 atom stereocenters. The van der Waals surface area contributed by atoms with Gasteiger partial charge in [-0.1, -0.05) is 12.1 Å². The molecule has 0 saturated carbocycles. The van der Waals surface area contributed by atoms with E-state index in [-0.39, 0.29) is 24.8 Å². The van der Waals surface area contributed by atoms with Gasteiger partial charge in [0.25, 0.3) is 0 Å². The van der Waals surface area contributed by atoms with Crippen LogP contribution < -0.4 is 4.90 Å². The summed E-state index contributed by atoms with van der Waals surface area (Å²) in [5.41, 5.74) is 2.12. The van der Waals surface area contributed by atoms with Gasteiger partial charge in [-0.15, -0.1) is 0 Å². The number of ether oxygens (including phenoxy) is 3. The summed E-state index contributed by atoms with van der Waals surface area (Å²) in [7, 11) is 0. The third-order valence-corrected chi connectivity index (χ3v) is 6.64. The first-order chi connectivity index (χ1) is 15.6. The van der Waals surface area contributed by atoms with E-state index in [1.165, 1.54) is 5.56 Å². The monoisotopic (exact) mass is 462 g/mol. The van der Waals surface area contributed by atoms with Gasteiger partial charge in [-0.05, 0) is 55.9 Å². The van der Waals surface area contributed by atoms with Gasteiger partial charge in [0.1, 0.15) is 0 Å². The van der Waals surface area contributed by atoms with E-state index in [0.29, 0.717) is 0 Å². The molecule has 0 bridgehead atoms. The fourth-order valence-electron chi connectivity index (χ4n) is 3.89. The minimum atomic E-state index is -0.648. The minimum Gasteiger partial charge on any atom is -0.462 e. The zero-order valence-electron chi connectivity index (χ0n) is 19.1. The van der Waals surface area contributed by atoms with Crippen LogP contribution in [0.3, 0.4) is 0 Å². The number of rotatable bonds is 9. The van der Waals surface area contributed by atoms with Crippen LogP contribution in [0, 0.1) is 0 Å². The number of hydrogen-bond donors (Lipinski definition) is 0. The molecule has 0 amide bonds. The molecule has 0 spiro atoms.